The molecule has 4 aliphatic rings. The Morgan fingerprint density at radius 2 is 1.94 bits per heavy atom. The molecule has 0 bridgehead atoms. The van der Waals surface area contributed by atoms with E-state index in [4.69, 9.17) is 15.2 Å². The maximum atomic E-state index is 13.5. The van der Waals surface area contributed by atoms with E-state index in [-0.39, 0.29) is 54.4 Å². The van der Waals surface area contributed by atoms with E-state index in [0.29, 0.717) is 18.9 Å². The van der Waals surface area contributed by atoms with Crippen LogP contribution in [0.1, 0.15) is 71.1 Å². The Morgan fingerprint density at radius 3 is 2.69 bits per heavy atom. The number of carbonyl (C=O) groups excluding carboxylic acids is 2. The summed E-state index contributed by atoms with van der Waals surface area (Å²) in [6.07, 6.45) is 9.64. The van der Waals surface area contributed by atoms with Crippen molar-refractivity contribution < 1.29 is 19.1 Å². The maximum absolute atomic E-state index is 13.5. The molecule has 9 heteroatoms. The van der Waals surface area contributed by atoms with Crippen molar-refractivity contribution >= 4 is 11.8 Å². The van der Waals surface area contributed by atoms with Gasteiger partial charge in [-0.25, -0.2) is 0 Å². The number of hydrogen-bond acceptors (Lipinski definition) is 7. The summed E-state index contributed by atoms with van der Waals surface area (Å²) in [5.74, 6) is 0.0991. The quantitative estimate of drug-likeness (QED) is 0.448. The highest BCUT2D eigenvalue weighted by atomic mass is 16.5. The number of fused-ring (bicyclic) bond motifs is 2. The number of piperidine rings is 2. The van der Waals surface area contributed by atoms with Gasteiger partial charge in [0.05, 0.1) is 42.5 Å². The highest BCUT2D eigenvalue weighted by Crippen LogP contribution is 2.36. The Morgan fingerprint density at radius 1 is 1.14 bits per heavy atom. The van der Waals surface area contributed by atoms with Crippen LogP contribution in [0.5, 0.6) is 0 Å². The number of unbranched alkanes of at least 4 members (excludes halogenated alkanes) is 1. The average Bonchev–Trinajstić information content (AvgIpc) is 2.88. The second-order valence-electron chi connectivity index (χ2n) is 11.0. The predicted octanol–water partition coefficient (Wildman–Crippen LogP) is 1.61. The zero-order valence-corrected chi connectivity index (χ0v) is 21.9. The molecule has 3 heterocycles. The third-order valence-corrected chi connectivity index (χ3v) is 8.91. The summed E-state index contributed by atoms with van der Waals surface area (Å²) in [5, 5.41) is 6.91. The molecule has 4 fully saturated rings. The van der Waals surface area contributed by atoms with Gasteiger partial charge in [-0.15, -0.1) is 0 Å². The van der Waals surface area contributed by atoms with Crippen LogP contribution < -0.4 is 16.4 Å². The fourth-order valence-corrected chi connectivity index (χ4v) is 6.80. The van der Waals surface area contributed by atoms with Gasteiger partial charge in [-0.05, 0) is 63.7 Å². The number of ether oxygens (including phenoxy) is 2. The zero-order chi connectivity index (χ0) is 24.9. The minimum Gasteiger partial charge on any atom is -0.379 e. The predicted molar refractivity (Wildman–Crippen MR) is 134 cm³/mol. The highest BCUT2D eigenvalue weighted by molar-refractivity contribution is 5.84. The first-order valence-electron chi connectivity index (χ1n) is 13.9. The van der Waals surface area contributed by atoms with Crippen LogP contribution in [0.3, 0.4) is 0 Å². The van der Waals surface area contributed by atoms with E-state index in [2.05, 4.69) is 22.5 Å². The smallest absolute Gasteiger partial charge is 0.229 e. The number of methoxy groups -OCH3 is 2. The van der Waals surface area contributed by atoms with Crippen LogP contribution in [-0.4, -0.2) is 86.2 Å². The lowest BCUT2D eigenvalue weighted by Gasteiger charge is -2.55. The van der Waals surface area contributed by atoms with Crippen LogP contribution in [0.2, 0.25) is 0 Å². The van der Waals surface area contributed by atoms with Gasteiger partial charge in [-0.1, -0.05) is 13.3 Å². The van der Waals surface area contributed by atoms with Gasteiger partial charge in [0.1, 0.15) is 0 Å². The van der Waals surface area contributed by atoms with Crippen molar-refractivity contribution in [2.24, 2.45) is 23.5 Å². The molecule has 35 heavy (non-hydrogen) atoms. The Kier molecular flexibility index (Phi) is 9.43. The summed E-state index contributed by atoms with van der Waals surface area (Å²) in [5.41, 5.74) is 6.74. The fourth-order valence-electron chi connectivity index (χ4n) is 6.80. The van der Waals surface area contributed by atoms with Crippen molar-refractivity contribution in [1.29, 1.82) is 0 Å². The number of amides is 2. The van der Waals surface area contributed by atoms with Gasteiger partial charge in [0, 0.05) is 33.9 Å². The van der Waals surface area contributed by atoms with Crippen LogP contribution in [-0.2, 0) is 19.1 Å². The summed E-state index contributed by atoms with van der Waals surface area (Å²) in [6, 6.07) is 0. The molecule has 0 spiro atoms. The van der Waals surface area contributed by atoms with E-state index in [9.17, 15) is 9.59 Å². The first-order valence-corrected chi connectivity index (χ1v) is 13.9. The lowest BCUT2D eigenvalue weighted by atomic mass is 9.80. The van der Waals surface area contributed by atoms with Gasteiger partial charge in [0.2, 0.25) is 11.8 Å². The van der Waals surface area contributed by atoms with E-state index in [1.54, 1.807) is 14.2 Å². The monoisotopic (exact) mass is 493 g/mol. The second kappa shape index (κ2) is 12.3. The Balaban J connectivity index is 1.37. The topological polar surface area (TPSA) is 109 Å². The Hall–Kier alpha value is -1.26. The van der Waals surface area contributed by atoms with Crippen molar-refractivity contribution in [3.63, 3.8) is 0 Å². The number of rotatable bonds is 9. The molecule has 2 amide bonds. The average molecular weight is 494 g/mol. The molecule has 0 aromatic rings. The molecule has 0 aromatic heterocycles. The minimum atomic E-state index is -0.381. The lowest BCUT2D eigenvalue weighted by molar-refractivity contribution is -0.162. The summed E-state index contributed by atoms with van der Waals surface area (Å²) >= 11 is 0. The third kappa shape index (κ3) is 5.85. The third-order valence-electron chi connectivity index (χ3n) is 8.91. The molecule has 0 radical (unpaired) electrons. The molecule has 4 N–H and O–H groups in total. The van der Waals surface area contributed by atoms with Gasteiger partial charge < -0.3 is 25.4 Å². The molecular formula is C26H47N5O4. The molecule has 3 saturated heterocycles. The Bertz CT molecular complexity index is 724. The molecule has 0 aromatic carbocycles. The van der Waals surface area contributed by atoms with Crippen LogP contribution in [0.25, 0.3) is 0 Å². The second-order valence-corrected chi connectivity index (χ2v) is 11.0. The SMILES string of the molecule is CCCCN1C(N)C(C(=O)NCCC2CCC(OC)C(OC)C2)CC2C(=O)N3CCCCC3NC21. The van der Waals surface area contributed by atoms with Crippen molar-refractivity contribution in [1.82, 2.24) is 20.4 Å². The van der Waals surface area contributed by atoms with Gasteiger partial charge in [0.15, 0.2) is 0 Å². The van der Waals surface area contributed by atoms with Crippen molar-refractivity contribution in [3.05, 3.63) is 0 Å². The standard InChI is InChI=1S/C26H47N5O4/c1-4-5-13-31-23(27)18(16-19-24(31)29-22-8-6-7-14-30(22)26(19)33)25(32)28-12-11-17-9-10-20(34-2)21(15-17)35-3/h17-24,29H,4-16,27H2,1-3H3,(H,28,32). The van der Waals surface area contributed by atoms with Crippen molar-refractivity contribution in [2.45, 2.75) is 102 Å². The van der Waals surface area contributed by atoms with Crippen LogP contribution >= 0.6 is 0 Å². The van der Waals surface area contributed by atoms with Gasteiger partial charge >= 0.3 is 0 Å². The summed E-state index contributed by atoms with van der Waals surface area (Å²) in [4.78, 5) is 31.0. The molecule has 4 rings (SSSR count). The van der Waals surface area contributed by atoms with Crippen LogP contribution in [0.4, 0.5) is 0 Å². The zero-order valence-electron chi connectivity index (χ0n) is 21.9. The molecule has 1 saturated carbocycles. The van der Waals surface area contributed by atoms with E-state index in [0.717, 1.165) is 70.9 Å². The first kappa shape index (κ1) is 26.8. The summed E-state index contributed by atoms with van der Waals surface area (Å²) < 4.78 is 11.2. The number of carbonyl (C=O) groups is 2. The number of nitrogens with one attached hydrogen (secondary N) is 2. The first-order chi connectivity index (χ1) is 17.0. The van der Waals surface area contributed by atoms with Crippen LogP contribution in [0, 0.1) is 17.8 Å². The van der Waals surface area contributed by atoms with Gasteiger partial charge in [0.25, 0.3) is 0 Å². The van der Waals surface area contributed by atoms with E-state index < -0.39 is 0 Å². The fraction of sp³-hybridized carbons (Fsp3) is 0.923. The molecule has 200 valence electrons. The highest BCUT2D eigenvalue weighted by Gasteiger charge is 2.52. The van der Waals surface area contributed by atoms with Gasteiger partial charge in [-0.3, -0.25) is 19.8 Å². The summed E-state index contributed by atoms with van der Waals surface area (Å²) in [7, 11) is 3.49. The maximum Gasteiger partial charge on any atom is 0.229 e. The molecular weight excluding hydrogens is 446 g/mol. The molecule has 1 aliphatic carbocycles. The summed E-state index contributed by atoms with van der Waals surface area (Å²) in [6.45, 7) is 4.40. The molecule has 3 aliphatic heterocycles. The molecule has 8 atom stereocenters. The van der Waals surface area contributed by atoms with E-state index in [1.807, 2.05) is 4.90 Å². The largest absolute Gasteiger partial charge is 0.379 e. The number of hydrogen-bond donors (Lipinski definition) is 3. The minimum absolute atomic E-state index is 0.0140. The Labute approximate surface area is 210 Å². The lowest BCUT2D eigenvalue weighted by Crippen LogP contribution is -2.74. The number of nitrogens with zero attached hydrogens (tertiary/aromatic N) is 2. The molecule has 9 nitrogen and oxygen atoms in total. The molecule has 8 unspecified atom stereocenters. The van der Waals surface area contributed by atoms with Gasteiger partial charge in [-0.2, -0.15) is 0 Å². The number of nitrogens with two attached hydrogens (primary N) is 1. The normalized spacial score (nSPS) is 38.1. The van der Waals surface area contributed by atoms with Crippen molar-refractivity contribution in [3.8, 4) is 0 Å². The van der Waals surface area contributed by atoms with E-state index >= 15 is 0 Å². The number of likely N-dealkylation sites (tertiary alicyclic amines) is 1. The van der Waals surface area contributed by atoms with E-state index in [1.165, 1.54) is 0 Å². The van der Waals surface area contributed by atoms with Crippen molar-refractivity contribution in [2.75, 3.05) is 33.9 Å². The van der Waals surface area contributed by atoms with Crippen LogP contribution in [0.15, 0.2) is 0 Å².